The van der Waals surface area contributed by atoms with Crippen molar-refractivity contribution in [3.8, 4) is 5.75 Å². The number of hydrogen-bond donors (Lipinski definition) is 1. The average Bonchev–Trinajstić information content (AvgIpc) is 2.82. The van der Waals surface area contributed by atoms with Gasteiger partial charge in [-0.2, -0.15) is 4.99 Å². The van der Waals surface area contributed by atoms with Crippen LogP contribution in [0.1, 0.15) is 48.8 Å². The van der Waals surface area contributed by atoms with E-state index in [2.05, 4.69) is 4.99 Å². The third-order valence-electron chi connectivity index (χ3n) is 3.79. The van der Waals surface area contributed by atoms with E-state index in [-0.39, 0.29) is 5.75 Å². The van der Waals surface area contributed by atoms with E-state index in [1.165, 1.54) is 6.07 Å². The molecule has 1 saturated carbocycles. The third kappa shape index (κ3) is 2.38. The van der Waals surface area contributed by atoms with Gasteiger partial charge in [0.15, 0.2) is 0 Å². The number of halogens is 2. The van der Waals surface area contributed by atoms with Crippen LogP contribution in [0.25, 0.3) is 0 Å². The highest BCUT2D eigenvalue weighted by Gasteiger charge is 2.36. The van der Waals surface area contributed by atoms with Crippen LogP contribution in [0, 0.1) is 6.92 Å². The molecule has 102 valence electrons. The molecule has 5 heteroatoms. The van der Waals surface area contributed by atoms with E-state index >= 15 is 0 Å². The maximum Gasteiger partial charge on any atom is 0.267 e. The average molecular weight is 267 g/mol. The lowest BCUT2D eigenvalue weighted by Gasteiger charge is -2.24. The summed E-state index contributed by atoms with van der Waals surface area (Å²) in [5, 5.41) is 9.66. The number of alkyl halides is 2. The van der Waals surface area contributed by atoms with Crippen molar-refractivity contribution in [2.24, 2.45) is 4.99 Å². The molecule has 2 rings (SSSR count). The van der Waals surface area contributed by atoms with Crippen molar-refractivity contribution in [2.45, 2.75) is 44.6 Å². The molecule has 1 N–H and O–H groups in total. The van der Waals surface area contributed by atoms with E-state index in [1.807, 2.05) is 0 Å². The molecule has 19 heavy (non-hydrogen) atoms. The van der Waals surface area contributed by atoms with Gasteiger partial charge in [-0.05, 0) is 43.0 Å². The molecule has 0 spiro atoms. The molecule has 1 aliphatic rings. The van der Waals surface area contributed by atoms with Crippen molar-refractivity contribution >= 4 is 6.08 Å². The first kappa shape index (κ1) is 13.7. The molecule has 0 atom stereocenters. The predicted octanol–water partition coefficient (Wildman–Crippen LogP) is 3.74. The van der Waals surface area contributed by atoms with Gasteiger partial charge in [-0.15, -0.1) is 0 Å². The highest BCUT2D eigenvalue weighted by atomic mass is 19.3. The molecule has 1 aliphatic carbocycles. The second kappa shape index (κ2) is 5.10. The Morgan fingerprint density at radius 2 is 2.00 bits per heavy atom. The summed E-state index contributed by atoms with van der Waals surface area (Å²) in [6, 6.07) is 2.90. The number of aromatic hydroxyl groups is 1. The van der Waals surface area contributed by atoms with E-state index in [4.69, 9.17) is 0 Å². The summed E-state index contributed by atoms with van der Waals surface area (Å²) in [6.45, 7) is 1.57. The molecular formula is C14H15F2NO2. The van der Waals surface area contributed by atoms with Gasteiger partial charge < -0.3 is 5.11 Å². The first-order valence-corrected chi connectivity index (χ1v) is 6.21. The topological polar surface area (TPSA) is 49.7 Å². The van der Waals surface area contributed by atoms with Gasteiger partial charge in [-0.25, -0.2) is 13.6 Å². The molecule has 0 aliphatic heterocycles. The summed E-state index contributed by atoms with van der Waals surface area (Å²) < 4.78 is 25.8. The molecule has 0 amide bonds. The van der Waals surface area contributed by atoms with Crippen LogP contribution in [0.15, 0.2) is 17.1 Å². The highest BCUT2D eigenvalue weighted by Crippen LogP contribution is 2.45. The van der Waals surface area contributed by atoms with Crippen LogP contribution in [0.2, 0.25) is 0 Å². The zero-order valence-electron chi connectivity index (χ0n) is 10.6. The Balaban J connectivity index is 2.58. The van der Waals surface area contributed by atoms with Crippen molar-refractivity contribution < 1.29 is 18.7 Å². The zero-order chi connectivity index (χ0) is 14.0. The van der Waals surface area contributed by atoms with Gasteiger partial charge in [-0.1, -0.05) is 12.8 Å². The normalized spacial score (nSPS) is 17.5. The summed E-state index contributed by atoms with van der Waals surface area (Å²) in [7, 11) is 0. The Morgan fingerprint density at radius 1 is 1.37 bits per heavy atom. The van der Waals surface area contributed by atoms with Crippen LogP contribution in [0.5, 0.6) is 5.75 Å². The number of phenolic OH excluding ortho intramolecular Hbond substituents is 1. The van der Waals surface area contributed by atoms with Gasteiger partial charge in [0.25, 0.3) is 6.43 Å². The van der Waals surface area contributed by atoms with Gasteiger partial charge in [0, 0.05) is 0 Å². The van der Waals surface area contributed by atoms with E-state index in [0.717, 1.165) is 12.8 Å². The molecule has 0 unspecified atom stereocenters. The Labute approximate surface area is 110 Å². The number of aryl methyl sites for hydroxylation is 1. The van der Waals surface area contributed by atoms with Crippen LogP contribution in [0.4, 0.5) is 8.78 Å². The van der Waals surface area contributed by atoms with Crippen molar-refractivity contribution in [1.29, 1.82) is 0 Å². The molecule has 1 fully saturated rings. The van der Waals surface area contributed by atoms with Gasteiger partial charge in [-0.3, -0.25) is 0 Å². The van der Waals surface area contributed by atoms with E-state index in [9.17, 15) is 18.7 Å². The maximum absolute atomic E-state index is 12.9. The molecular weight excluding hydrogens is 252 g/mol. The largest absolute Gasteiger partial charge is 0.507 e. The summed E-state index contributed by atoms with van der Waals surface area (Å²) in [5.41, 5.74) is -0.203. The molecule has 1 aromatic rings. The monoisotopic (exact) mass is 267 g/mol. The summed E-state index contributed by atoms with van der Waals surface area (Å²) in [5.74, 6) is -0.387. The maximum atomic E-state index is 12.9. The zero-order valence-corrected chi connectivity index (χ0v) is 10.6. The third-order valence-corrected chi connectivity index (χ3v) is 3.79. The first-order valence-electron chi connectivity index (χ1n) is 6.21. The SMILES string of the molecule is Cc1cc(C2(N=C=O)CCCC2)cc(C(F)F)c1O. The fourth-order valence-corrected chi connectivity index (χ4v) is 2.75. The minimum Gasteiger partial charge on any atom is -0.507 e. The number of carbonyl (C=O) groups excluding carboxylic acids is 1. The minimum absolute atomic E-state index is 0.375. The minimum atomic E-state index is -2.75. The Morgan fingerprint density at radius 3 is 2.53 bits per heavy atom. The van der Waals surface area contributed by atoms with Crippen molar-refractivity contribution in [3.05, 3.63) is 28.8 Å². The van der Waals surface area contributed by atoms with Gasteiger partial charge in [0.05, 0.1) is 11.1 Å². The van der Waals surface area contributed by atoms with Gasteiger partial charge in [0.2, 0.25) is 6.08 Å². The standard InChI is InChI=1S/C14H15F2NO2/c1-9-6-10(7-11(12(9)19)13(15)16)14(17-8-18)4-2-3-5-14/h6-7,13,19H,2-5H2,1H3. The second-order valence-corrected chi connectivity index (χ2v) is 4.97. The molecule has 3 nitrogen and oxygen atoms in total. The number of phenols is 1. The summed E-state index contributed by atoms with van der Waals surface area (Å²) in [4.78, 5) is 14.5. The van der Waals surface area contributed by atoms with E-state index in [0.29, 0.717) is 24.0 Å². The lowest BCUT2D eigenvalue weighted by molar-refractivity contribution is 0.147. The fraction of sp³-hybridized carbons (Fsp3) is 0.500. The Hall–Kier alpha value is -1.74. The van der Waals surface area contributed by atoms with Crippen molar-refractivity contribution in [3.63, 3.8) is 0 Å². The number of aliphatic imine (C=N–C) groups is 1. The van der Waals surface area contributed by atoms with Crippen LogP contribution in [-0.4, -0.2) is 11.2 Å². The van der Waals surface area contributed by atoms with Gasteiger partial charge >= 0.3 is 0 Å². The van der Waals surface area contributed by atoms with E-state index in [1.54, 1.807) is 19.1 Å². The molecule has 0 aromatic heterocycles. The Kier molecular flexibility index (Phi) is 3.67. The number of rotatable bonds is 3. The number of benzene rings is 1. The van der Waals surface area contributed by atoms with Crippen LogP contribution in [-0.2, 0) is 10.3 Å². The molecule has 0 heterocycles. The fourth-order valence-electron chi connectivity index (χ4n) is 2.75. The number of nitrogens with zero attached hydrogens (tertiary/aromatic N) is 1. The van der Waals surface area contributed by atoms with Crippen LogP contribution in [0.3, 0.4) is 0 Å². The number of hydrogen-bond acceptors (Lipinski definition) is 3. The highest BCUT2D eigenvalue weighted by molar-refractivity contribution is 5.47. The van der Waals surface area contributed by atoms with Crippen molar-refractivity contribution in [1.82, 2.24) is 0 Å². The molecule has 0 radical (unpaired) electrons. The number of isocyanates is 1. The Bertz CT molecular complexity index is 530. The smallest absolute Gasteiger partial charge is 0.267 e. The second-order valence-electron chi connectivity index (χ2n) is 4.97. The lowest BCUT2D eigenvalue weighted by atomic mass is 9.86. The summed E-state index contributed by atoms with van der Waals surface area (Å²) in [6.07, 6.45) is 1.90. The van der Waals surface area contributed by atoms with Crippen molar-refractivity contribution in [2.75, 3.05) is 0 Å². The van der Waals surface area contributed by atoms with E-state index < -0.39 is 17.5 Å². The molecule has 0 saturated heterocycles. The summed E-state index contributed by atoms with van der Waals surface area (Å²) >= 11 is 0. The predicted molar refractivity (Wildman–Crippen MR) is 66.1 cm³/mol. The molecule has 1 aromatic carbocycles. The quantitative estimate of drug-likeness (QED) is 0.670. The first-order chi connectivity index (χ1) is 9.00. The molecule has 0 bridgehead atoms. The lowest BCUT2D eigenvalue weighted by Crippen LogP contribution is -2.19. The van der Waals surface area contributed by atoms with Crippen LogP contribution >= 0.6 is 0 Å². The van der Waals surface area contributed by atoms with Crippen LogP contribution < -0.4 is 0 Å². The van der Waals surface area contributed by atoms with Gasteiger partial charge in [0.1, 0.15) is 5.75 Å².